The monoisotopic (exact) mass is 512 g/mol. The molecule has 0 aliphatic carbocycles. The summed E-state index contributed by atoms with van der Waals surface area (Å²) in [6.45, 7) is 0. The molecule has 4 aromatic heterocycles. The molecular formula is C36H24N4. The van der Waals surface area contributed by atoms with E-state index in [-0.39, 0.29) is 0 Å². The van der Waals surface area contributed by atoms with Crippen LogP contribution in [0.2, 0.25) is 0 Å². The van der Waals surface area contributed by atoms with E-state index < -0.39 is 0 Å². The summed E-state index contributed by atoms with van der Waals surface area (Å²) < 4.78 is 0. The van der Waals surface area contributed by atoms with Crippen molar-refractivity contribution in [3.63, 3.8) is 0 Å². The van der Waals surface area contributed by atoms with E-state index in [1.54, 1.807) is 12.4 Å². The Morgan fingerprint density at radius 3 is 1.52 bits per heavy atom. The molecule has 3 aromatic carbocycles. The van der Waals surface area contributed by atoms with Crippen molar-refractivity contribution in [1.82, 2.24) is 19.9 Å². The Hall–Kier alpha value is -5.48. The first-order chi connectivity index (χ1) is 19.8. The van der Waals surface area contributed by atoms with Gasteiger partial charge in [-0.05, 0) is 98.8 Å². The fourth-order valence-corrected chi connectivity index (χ4v) is 5.19. The average molecular weight is 513 g/mol. The molecule has 4 heterocycles. The molecule has 4 nitrogen and oxygen atoms in total. The topological polar surface area (TPSA) is 51.6 Å². The largest absolute Gasteiger partial charge is 0.265 e. The van der Waals surface area contributed by atoms with Gasteiger partial charge in [-0.1, -0.05) is 66.7 Å². The Kier molecular flexibility index (Phi) is 6.11. The summed E-state index contributed by atoms with van der Waals surface area (Å²) >= 11 is 0. The standard InChI is InChI=1S/C36H24N4/c1-2-11-32-30(15-14-29(31(32)10-1)27-9-7-8-26(22-27)25-16-20-37-21-17-25)28-23-35(33-12-3-5-18-38-33)40-36(24-28)34-13-4-6-19-39-34/h1-24H. The van der Waals surface area contributed by atoms with Gasteiger partial charge in [-0.25, -0.2) is 4.98 Å². The van der Waals surface area contributed by atoms with Crippen LogP contribution in [0.5, 0.6) is 0 Å². The van der Waals surface area contributed by atoms with Gasteiger partial charge in [0.1, 0.15) is 0 Å². The van der Waals surface area contributed by atoms with Crippen molar-refractivity contribution in [3.05, 3.63) is 146 Å². The number of hydrogen-bond donors (Lipinski definition) is 0. The van der Waals surface area contributed by atoms with E-state index in [4.69, 9.17) is 4.98 Å². The summed E-state index contributed by atoms with van der Waals surface area (Å²) in [5, 5.41) is 2.38. The highest BCUT2D eigenvalue weighted by Gasteiger charge is 2.14. The minimum Gasteiger partial charge on any atom is -0.265 e. The Morgan fingerprint density at radius 2 is 0.925 bits per heavy atom. The van der Waals surface area contributed by atoms with Crippen molar-refractivity contribution in [2.45, 2.75) is 0 Å². The van der Waals surface area contributed by atoms with E-state index in [0.717, 1.165) is 39.5 Å². The van der Waals surface area contributed by atoms with Gasteiger partial charge in [-0.2, -0.15) is 0 Å². The maximum atomic E-state index is 4.95. The quantitative estimate of drug-likeness (QED) is 0.231. The lowest BCUT2D eigenvalue weighted by molar-refractivity contribution is 1.22. The third-order valence-electron chi connectivity index (χ3n) is 7.10. The molecule has 0 amide bonds. The fourth-order valence-electron chi connectivity index (χ4n) is 5.19. The lowest BCUT2D eigenvalue weighted by Gasteiger charge is -2.15. The minimum absolute atomic E-state index is 0.817. The first-order valence-electron chi connectivity index (χ1n) is 13.2. The molecule has 40 heavy (non-hydrogen) atoms. The van der Waals surface area contributed by atoms with E-state index >= 15 is 0 Å². The maximum Gasteiger partial charge on any atom is 0.0900 e. The Bertz CT molecular complexity index is 1880. The number of benzene rings is 3. The van der Waals surface area contributed by atoms with Gasteiger partial charge < -0.3 is 0 Å². The van der Waals surface area contributed by atoms with E-state index in [2.05, 4.69) is 87.7 Å². The third-order valence-corrected chi connectivity index (χ3v) is 7.10. The fraction of sp³-hybridized carbons (Fsp3) is 0. The van der Waals surface area contributed by atoms with Gasteiger partial charge >= 0.3 is 0 Å². The van der Waals surface area contributed by atoms with E-state index in [1.807, 2.05) is 60.9 Å². The van der Waals surface area contributed by atoms with Gasteiger partial charge in [0, 0.05) is 24.8 Å². The normalized spacial score (nSPS) is 11.0. The molecule has 0 atom stereocenters. The molecule has 0 aliphatic heterocycles. The second-order valence-corrected chi connectivity index (χ2v) is 9.58. The van der Waals surface area contributed by atoms with Crippen molar-refractivity contribution in [3.8, 4) is 56.2 Å². The smallest absolute Gasteiger partial charge is 0.0900 e. The van der Waals surface area contributed by atoms with Crippen LogP contribution < -0.4 is 0 Å². The number of rotatable bonds is 5. The van der Waals surface area contributed by atoms with Crippen LogP contribution in [0.15, 0.2) is 146 Å². The number of pyridine rings is 4. The molecule has 0 radical (unpaired) electrons. The molecule has 0 aliphatic rings. The van der Waals surface area contributed by atoms with Gasteiger partial charge in [-0.3, -0.25) is 15.0 Å². The molecular weight excluding hydrogens is 488 g/mol. The van der Waals surface area contributed by atoms with Gasteiger partial charge in [-0.15, -0.1) is 0 Å². The number of aromatic nitrogens is 4. The maximum absolute atomic E-state index is 4.95. The highest BCUT2D eigenvalue weighted by molar-refractivity contribution is 6.05. The highest BCUT2D eigenvalue weighted by Crippen LogP contribution is 2.38. The Labute approximate surface area is 232 Å². The van der Waals surface area contributed by atoms with Crippen molar-refractivity contribution >= 4 is 10.8 Å². The molecule has 188 valence electrons. The van der Waals surface area contributed by atoms with Gasteiger partial charge in [0.05, 0.1) is 22.8 Å². The van der Waals surface area contributed by atoms with Crippen molar-refractivity contribution in [1.29, 1.82) is 0 Å². The molecule has 0 saturated heterocycles. The Balaban J connectivity index is 1.41. The second-order valence-electron chi connectivity index (χ2n) is 9.58. The molecule has 4 heteroatoms. The SMILES string of the molecule is c1ccc(-c2cc(-c3ccc(-c4cccc(-c5ccncc5)c4)c4ccccc34)cc(-c3ccccn3)n2)nc1. The predicted molar refractivity (Wildman–Crippen MR) is 162 cm³/mol. The average Bonchev–Trinajstić information content (AvgIpc) is 3.05. The molecule has 0 saturated carbocycles. The zero-order valence-electron chi connectivity index (χ0n) is 21.6. The molecule has 7 aromatic rings. The summed E-state index contributed by atoms with van der Waals surface area (Å²) in [5.41, 5.74) is 10.2. The second kappa shape index (κ2) is 10.4. The first-order valence-corrected chi connectivity index (χ1v) is 13.2. The lowest BCUT2D eigenvalue weighted by atomic mass is 9.90. The van der Waals surface area contributed by atoms with E-state index in [9.17, 15) is 0 Å². The van der Waals surface area contributed by atoms with Crippen LogP contribution in [0.1, 0.15) is 0 Å². The predicted octanol–water partition coefficient (Wildman–Crippen LogP) is 8.75. The van der Waals surface area contributed by atoms with Crippen LogP contribution in [-0.4, -0.2) is 19.9 Å². The van der Waals surface area contributed by atoms with Crippen LogP contribution >= 0.6 is 0 Å². The van der Waals surface area contributed by atoms with E-state index in [1.165, 1.54) is 27.5 Å². The molecule has 0 spiro atoms. The number of fused-ring (bicyclic) bond motifs is 1. The summed E-state index contributed by atoms with van der Waals surface area (Å²) in [6, 6.07) is 41.9. The Morgan fingerprint density at radius 1 is 0.350 bits per heavy atom. The summed E-state index contributed by atoms with van der Waals surface area (Å²) in [5.74, 6) is 0. The zero-order chi connectivity index (χ0) is 26.7. The van der Waals surface area contributed by atoms with Crippen LogP contribution in [0.25, 0.3) is 66.9 Å². The number of nitrogens with zero attached hydrogens (tertiary/aromatic N) is 4. The van der Waals surface area contributed by atoms with Crippen molar-refractivity contribution < 1.29 is 0 Å². The third kappa shape index (κ3) is 4.52. The molecule has 0 fully saturated rings. The van der Waals surface area contributed by atoms with Crippen LogP contribution in [-0.2, 0) is 0 Å². The van der Waals surface area contributed by atoms with Gasteiger partial charge in [0.15, 0.2) is 0 Å². The molecule has 0 unspecified atom stereocenters. The minimum atomic E-state index is 0.817. The van der Waals surface area contributed by atoms with Crippen LogP contribution in [0.4, 0.5) is 0 Å². The molecule has 0 N–H and O–H groups in total. The molecule has 7 rings (SSSR count). The highest BCUT2D eigenvalue weighted by atomic mass is 14.8. The summed E-state index contributed by atoms with van der Waals surface area (Å²) in [6.07, 6.45) is 7.27. The zero-order valence-corrected chi connectivity index (χ0v) is 21.6. The van der Waals surface area contributed by atoms with Crippen LogP contribution in [0, 0.1) is 0 Å². The van der Waals surface area contributed by atoms with Gasteiger partial charge in [0.2, 0.25) is 0 Å². The molecule has 0 bridgehead atoms. The van der Waals surface area contributed by atoms with Crippen molar-refractivity contribution in [2.75, 3.05) is 0 Å². The summed E-state index contributed by atoms with van der Waals surface area (Å²) in [4.78, 5) is 18.3. The van der Waals surface area contributed by atoms with Crippen LogP contribution in [0.3, 0.4) is 0 Å². The summed E-state index contributed by atoms with van der Waals surface area (Å²) in [7, 11) is 0. The van der Waals surface area contributed by atoms with E-state index in [0.29, 0.717) is 0 Å². The lowest BCUT2D eigenvalue weighted by Crippen LogP contribution is -1.94. The number of hydrogen-bond acceptors (Lipinski definition) is 4. The van der Waals surface area contributed by atoms with Gasteiger partial charge in [0.25, 0.3) is 0 Å². The van der Waals surface area contributed by atoms with Crippen molar-refractivity contribution in [2.24, 2.45) is 0 Å². The first kappa shape index (κ1) is 23.6.